The standard InChI is InChI=1S/C28H31F2N5O2/c1-17-20(25(33-34(17)6)27(36)28(2,3)4)12-14-37-26-21(8-9-22(29)24(26)30)18-7-10-23-32-15-19(11-13-31-5)35(23)16-18/h7-10,15-16,27,31,36H,12,14H2,1-6H3. The van der Waals surface area contributed by atoms with Crippen molar-refractivity contribution in [3.8, 4) is 28.8 Å². The zero-order valence-electron chi connectivity index (χ0n) is 21.9. The molecule has 194 valence electrons. The van der Waals surface area contributed by atoms with Gasteiger partial charge in [-0.3, -0.25) is 9.08 Å². The van der Waals surface area contributed by atoms with Gasteiger partial charge in [-0.15, -0.1) is 0 Å². The predicted octanol–water partition coefficient (Wildman–Crippen LogP) is 4.55. The summed E-state index contributed by atoms with van der Waals surface area (Å²) in [5.74, 6) is 0.728. The molecule has 0 spiro atoms. The van der Waals surface area contributed by atoms with Gasteiger partial charge in [0.2, 0.25) is 5.82 Å². The first kappa shape index (κ1) is 26.2. The number of aromatic nitrogens is 4. The second-order valence-electron chi connectivity index (χ2n) is 9.97. The Hall–Kier alpha value is -3.90. The van der Waals surface area contributed by atoms with E-state index in [-0.39, 0.29) is 12.4 Å². The average Bonchev–Trinajstić information content (AvgIpc) is 3.39. The number of imidazole rings is 1. The molecule has 0 saturated heterocycles. The third-order valence-electron chi connectivity index (χ3n) is 6.35. The number of benzene rings is 1. The molecule has 3 heterocycles. The molecule has 9 heteroatoms. The molecule has 0 aliphatic rings. The number of nitrogens with one attached hydrogen (secondary N) is 1. The maximum atomic E-state index is 15.0. The maximum absolute atomic E-state index is 15.0. The molecule has 4 rings (SSSR count). The maximum Gasteiger partial charge on any atom is 0.201 e. The van der Waals surface area contributed by atoms with E-state index in [1.807, 2.05) is 34.7 Å². The molecule has 0 bridgehead atoms. The minimum atomic E-state index is -1.06. The molecule has 0 aliphatic heterocycles. The molecule has 1 aromatic carbocycles. The van der Waals surface area contributed by atoms with Gasteiger partial charge in [-0.05, 0) is 42.5 Å². The minimum absolute atomic E-state index is 0.0655. The highest BCUT2D eigenvalue weighted by Crippen LogP contribution is 2.36. The van der Waals surface area contributed by atoms with Gasteiger partial charge in [0, 0.05) is 55.1 Å². The highest BCUT2D eigenvalue weighted by Gasteiger charge is 2.30. The van der Waals surface area contributed by atoms with Crippen LogP contribution >= 0.6 is 0 Å². The Kier molecular flexibility index (Phi) is 7.23. The van der Waals surface area contributed by atoms with Crippen molar-refractivity contribution in [1.82, 2.24) is 24.5 Å². The molecule has 0 saturated carbocycles. The lowest BCUT2D eigenvalue weighted by atomic mass is 9.85. The predicted molar refractivity (Wildman–Crippen MR) is 138 cm³/mol. The number of aryl methyl sites for hydroxylation is 1. The SMILES string of the molecule is CNC#Cc1cnc2ccc(-c3ccc(F)c(F)c3OCCc3c(C(O)C(C)(C)C)nn(C)c3C)cn12. The van der Waals surface area contributed by atoms with E-state index in [2.05, 4.69) is 27.4 Å². The normalized spacial score (nSPS) is 12.4. The smallest absolute Gasteiger partial charge is 0.201 e. The van der Waals surface area contributed by atoms with Crippen molar-refractivity contribution in [3.63, 3.8) is 0 Å². The van der Waals surface area contributed by atoms with Crippen molar-refractivity contribution in [1.29, 1.82) is 0 Å². The van der Waals surface area contributed by atoms with Crippen molar-refractivity contribution in [2.24, 2.45) is 12.5 Å². The second-order valence-corrected chi connectivity index (χ2v) is 9.97. The van der Waals surface area contributed by atoms with E-state index in [4.69, 9.17) is 4.74 Å². The summed E-state index contributed by atoms with van der Waals surface area (Å²) < 4.78 is 38.6. The number of pyridine rings is 1. The number of nitrogens with zero attached hydrogens (tertiary/aromatic N) is 4. The Balaban J connectivity index is 1.66. The molecular formula is C28H31F2N5O2. The summed E-state index contributed by atoms with van der Waals surface area (Å²) in [6.07, 6.45) is 2.99. The molecule has 2 N–H and O–H groups in total. The Labute approximate surface area is 215 Å². The van der Waals surface area contributed by atoms with Gasteiger partial charge < -0.3 is 15.2 Å². The number of halogens is 2. The number of aliphatic hydroxyl groups is 1. The fourth-order valence-electron chi connectivity index (χ4n) is 4.13. The lowest BCUT2D eigenvalue weighted by Crippen LogP contribution is -2.20. The van der Waals surface area contributed by atoms with Gasteiger partial charge >= 0.3 is 0 Å². The molecule has 0 aliphatic carbocycles. The number of aliphatic hydroxyl groups excluding tert-OH is 1. The van der Waals surface area contributed by atoms with Crippen LogP contribution in [0, 0.1) is 35.9 Å². The van der Waals surface area contributed by atoms with Gasteiger partial charge in [0.25, 0.3) is 0 Å². The summed E-state index contributed by atoms with van der Waals surface area (Å²) in [5, 5.41) is 18.1. The fraction of sp³-hybridized carbons (Fsp3) is 0.357. The van der Waals surface area contributed by atoms with Crippen LogP contribution < -0.4 is 10.1 Å². The fourth-order valence-corrected chi connectivity index (χ4v) is 4.13. The van der Waals surface area contributed by atoms with Gasteiger partial charge in [0.15, 0.2) is 11.6 Å². The molecule has 7 nitrogen and oxygen atoms in total. The van der Waals surface area contributed by atoms with E-state index in [9.17, 15) is 9.50 Å². The van der Waals surface area contributed by atoms with Gasteiger partial charge in [0.1, 0.15) is 17.4 Å². The van der Waals surface area contributed by atoms with Crippen LogP contribution in [-0.2, 0) is 13.5 Å². The molecule has 37 heavy (non-hydrogen) atoms. The Morgan fingerprint density at radius 1 is 1.19 bits per heavy atom. The van der Waals surface area contributed by atoms with Crippen molar-refractivity contribution in [2.45, 2.75) is 40.2 Å². The highest BCUT2D eigenvalue weighted by molar-refractivity contribution is 5.71. The quantitative estimate of drug-likeness (QED) is 0.296. The summed E-state index contributed by atoms with van der Waals surface area (Å²) in [6.45, 7) is 7.77. The highest BCUT2D eigenvalue weighted by atomic mass is 19.2. The van der Waals surface area contributed by atoms with Crippen molar-refractivity contribution in [2.75, 3.05) is 13.7 Å². The molecule has 3 aromatic heterocycles. The molecule has 4 aromatic rings. The van der Waals surface area contributed by atoms with Crippen LogP contribution in [0.3, 0.4) is 0 Å². The van der Waals surface area contributed by atoms with E-state index in [1.54, 1.807) is 40.7 Å². The molecule has 0 fully saturated rings. The topological polar surface area (TPSA) is 76.6 Å². The van der Waals surface area contributed by atoms with Gasteiger partial charge in [-0.1, -0.05) is 20.8 Å². The summed E-state index contributed by atoms with van der Waals surface area (Å²) in [4.78, 5) is 4.33. The molecule has 1 atom stereocenters. The molecule has 0 radical (unpaired) electrons. The monoisotopic (exact) mass is 507 g/mol. The zero-order valence-corrected chi connectivity index (χ0v) is 21.9. The van der Waals surface area contributed by atoms with Crippen molar-refractivity contribution < 1.29 is 18.6 Å². The van der Waals surface area contributed by atoms with E-state index in [0.717, 1.165) is 17.3 Å². The third-order valence-corrected chi connectivity index (χ3v) is 6.35. The Morgan fingerprint density at radius 2 is 1.95 bits per heavy atom. The van der Waals surface area contributed by atoms with Crippen molar-refractivity contribution in [3.05, 3.63) is 70.9 Å². The van der Waals surface area contributed by atoms with Crippen LogP contribution in [0.1, 0.15) is 49.5 Å². The van der Waals surface area contributed by atoms with Crippen LogP contribution in [0.15, 0.2) is 36.7 Å². The van der Waals surface area contributed by atoms with Crippen LogP contribution in [0.25, 0.3) is 16.8 Å². The van der Waals surface area contributed by atoms with E-state index < -0.39 is 23.2 Å². The first-order valence-electron chi connectivity index (χ1n) is 12.0. The molecule has 0 amide bonds. The lowest BCUT2D eigenvalue weighted by Gasteiger charge is -2.25. The number of hydrogen-bond donors (Lipinski definition) is 2. The third kappa shape index (κ3) is 5.16. The van der Waals surface area contributed by atoms with Crippen LogP contribution in [0.2, 0.25) is 0 Å². The summed E-state index contributed by atoms with van der Waals surface area (Å²) in [7, 11) is 3.52. The Bertz CT molecular complexity index is 1510. The van der Waals surface area contributed by atoms with E-state index >= 15 is 4.39 Å². The number of ether oxygens (including phenoxy) is 1. The minimum Gasteiger partial charge on any atom is -0.489 e. The largest absolute Gasteiger partial charge is 0.489 e. The number of fused-ring (bicyclic) bond motifs is 1. The summed E-state index contributed by atoms with van der Waals surface area (Å²) in [5.41, 5.74) is 4.20. The van der Waals surface area contributed by atoms with Gasteiger partial charge in [-0.2, -0.15) is 9.49 Å². The zero-order chi connectivity index (χ0) is 26.9. The number of rotatable bonds is 6. The van der Waals surface area contributed by atoms with E-state index in [1.165, 1.54) is 6.07 Å². The van der Waals surface area contributed by atoms with Crippen LogP contribution in [0.4, 0.5) is 8.78 Å². The lowest BCUT2D eigenvalue weighted by molar-refractivity contribution is 0.0575. The second kappa shape index (κ2) is 10.2. The van der Waals surface area contributed by atoms with Gasteiger partial charge in [-0.25, -0.2) is 9.37 Å². The van der Waals surface area contributed by atoms with Crippen LogP contribution in [0.5, 0.6) is 5.75 Å². The average molecular weight is 508 g/mol. The van der Waals surface area contributed by atoms with E-state index in [0.29, 0.717) is 34.6 Å². The first-order chi connectivity index (χ1) is 17.5. The van der Waals surface area contributed by atoms with Crippen molar-refractivity contribution >= 4 is 5.65 Å². The summed E-state index contributed by atoms with van der Waals surface area (Å²) in [6, 6.07) is 8.92. The Morgan fingerprint density at radius 3 is 2.65 bits per heavy atom. The van der Waals surface area contributed by atoms with Gasteiger partial charge in [0.05, 0.1) is 18.5 Å². The molecule has 1 unspecified atom stereocenters. The van der Waals surface area contributed by atoms with Crippen LogP contribution in [-0.4, -0.2) is 37.9 Å². The molecular weight excluding hydrogens is 476 g/mol. The first-order valence-corrected chi connectivity index (χ1v) is 12.0. The summed E-state index contributed by atoms with van der Waals surface area (Å²) >= 11 is 0. The number of hydrogen-bond acceptors (Lipinski definition) is 5.